The van der Waals surface area contributed by atoms with Crippen LogP contribution in [0.2, 0.25) is 5.02 Å². The maximum Gasteiger partial charge on any atom is 0.0952 e. The molecule has 21 heavy (non-hydrogen) atoms. The monoisotopic (exact) mass is 309 g/mol. The third-order valence-corrected chi connectivity index (χ3v) is 3.38. The van der Waals surface area contributed by atoms with Gasteiger partial charge in [-0.15, -0.1) is 0 Å². The molecule has 6 nitrogen and oxygen atoms in total. The Morgan fingerprint density at radius 2 is 2.24 bits per heavy atom. The highest BCUT2D eigenvalue weighted by Gasteiger charge is 2.22. The second-order valence-corrected chi connectivity index (χ2v) is 5.02. The third kappa shape index (κ3) is 4.00. The first-order chi connectivity index (χ1) is 10.3. The van der Waals surface area contributed by atoms with Crippen LogP contribution in [0.25, 0.3) is 0 Å². The molecule has 2 aromatic rings. The predicted octanol–water partition coefficient (Wildman–Crippen LogP) is 2.06. The molecule has 1 atom stereocenters. The third-order valence-electron chi connectivity index (χ3n) is 3.09. The van der Waals surface area contributed by atoms with Gasteiger partial charge in [-0.05, 0) is 13.0 Å². The Morgan fingerprint density at radius 1 is 1.38 bits per heavy atom. The van der Waals surface area contributed by atoms with Crippen LogP contribution in [-0.4, -0.2) is 40.0 Å². The molecule has 114 valence electrons. The molecular formula is C14H20ClN5O. The Kier molecular flexibility index (Phi) is 6.10. The van der Waals surface area contributed by atoms with E-state index in [1.165, 1.54) is 0 Å². The fourth-order valence-corrected chi connectivity index (χ4v) is 2.35. The van der Waals surface area contributed by atoms with Gasteiger partial charge < -0.3 is 10.1 Å². The number of halogens is 1. The second-order valence-electron chi connectivity index (χ2n) is 4.61. The molecule has 0 aromatic carbocycles. The van der Waals surface area contributed by atoms with E-state index in [2.05, 4.69) is 27.3 Å². The minimum absolute atomic E-state index is 0.134. The van der Waals surface area contributed by atoms with Crippen molar-refractivity contribution in [3.8, 4) is 0 Å². The van der Waals surface area contributed by atoms with Crippen LogP contribution in [0.15, 0.2) is 24.8 Å². The average molecular weight is 310 g/mol. The maximum atomic E-state index is 6.34. The van der Waals surface area contributed by atoms with Crippen molar-refractivity contribution in [3.63, 3.8) is 0 Å². The van der Waals surface area contributed by atoms with Gasteiger partial charge in [-0.3, -0.25) is 14.6 Å². The molecule has 0 radical (unpaired) electrons. The number of rotatable bonds is 8. The number of hydrogen-bond donors (Lipinski definition) is 1. The van der Waals surface area contributed by atoms with Gasteiger partial charge in [-0.25, -0.2) is 0 Å². The molecule has 2 rings (SSSR count). The molecule has 0 amide bonds. The summed E-state index contributed by atoms with van der Waals surface area (Å²) in [5, 5.41) is 8.40. The SMILES string of the molecule is CCCNC(c1cnccn1)c1c(Cl)cnn1CCOC. The van der Waals surface area contributed by atoms with Gasteiger partial charge in [0, 0.05) is 19.5 Å². The summed E-state index contributed by atoms with van der Waals surface area (Å²) in [5.74, 6) is 0. The molecule has 1 unspecified atom stereocenters. The summed E-state index contributed by atoms with van der Waals surface area (Å²) in [6, 6.07) is -0.134. The zero-order valence-corrected chi connectivity index (χ0v) is 13.0. The summed E-state index contributed by atoms with van der Waals surface area (Å²) >= 11 is 6.34. The fraction of sp³-hybridized carbons (Fsp3) is 0.500. The molecule has 2 aromatic heterocycles. The summed E-state index contributed by atoms with van der Waals surface area (Å²) in [6.45, 7) is 4.19. The van der Waals surface area contributed by atoms with Gasteiger partial charge in [0.2, 0.25) is 0 Å². The minimum Gasteiger partial charge on any atom is -0.383 e. The molecular weight excluding hydrogens is 290 g/mol. The Hall–Kier alpha value is -1.50. The predicted molar refractivity (Wildman–Crippen MR) is 81.3 cm³/mol. The first-order valence-electron chi connectivity index (χ1n) is 6.97. The van der Waals surface area contributed by atoms with Crippen LogP contribution in [-0.2, 0) is 11.3 Å². The molecule has 0 aliphatic carbocycles. The van der Waals surface area contributed by atoms with Crippen LogP contribution in [0, 0.1) is 0 Å². The van der Waals surface area contributed by atoms with E-state index in [1.807, 2.05) is 4.68 Å². The Labute approximate surface area is 129 Å². The summed E-state index contributed by atoms with van der Waals surface area (Å²) < 4.78 is 6.98. The van der Waals surface area contributed by atoms with Gasteiger partial charge in [0.25, 0.3) is 0 Å². The van der Waals surface area contributed by atoms with Crippen molar-refractivity contribution in [2.75, 3.05) is 20.3 Å². The quantitative estimate of drug-likeness (QED) is 0.808. The molecule has 1 N–H and O–H groups in total. The Balaban J connectivity index is 2.34. The average Bonchev–Trinajstić information content (AvgIpc) is 2.88. The molecule has 0 fully saturated rings. The van der Waals surface area contributed by atoms with Gasteiger partial charge in [0.15, 0.2) is 0 Å². The largest absolute Gasteiger partial charge is 0.383 e. The molecule has 0 saturated heterocycles. The standard InChI is InChI=1S/C14H20ClN5O/c1-3-4-18-13(12-10-16-5-6-17-12)14-11(15)9-19-20(14)7-8-21-2/h5-6,9-10,13,18H,3-4,7-8H2,1-2H3. The number of aromatic nitrogens is 4. The highest BCUT2D eigenvalue weighted by atomic mass is 35.5. The highest BCUT2D eigenvalue weighted by molar-refractivity contribution is 6.31. The van der Waals surface area contributed by atoms with E-state index in [4.69, 9.17) is 16.3 Å². The number of hydrogen-bond acceptors (Lipinski definition) is 5. The van der Waals surface area contributed by atoms with Gasteiger partial charge >= 0.3 is 0 Å². The second kappa shape index (κ2) is 8.07. The van der Waals surface area contributed by atoms with Crippen molar-refractivity contribution in [3.05, 3.63) is 41.2 Å². The lowest BCUT2D eigenvalue weighted by Gasteiger charge is -2.20. The van der Waals surface area contributed by atoms with E-state index < -0.39 is 0 Å². The van der Waals surface area contributed by atoms with Crippen molar-refractivity contribution < 1.29 is 4.74 Å². The van der Waals surface area contributed by atoms with E-state index in [0.29, 0.717) is 18.2 Å². The van der Waals surface area contributed by atoms with Crippen molar-refractivity contribution in [1.29, 1.82) is 0 Å². The van der Waals surface area contributed by atoms with Crippen molar-refractivity contribution in [2.45, 2.75) is 25.9 Å². The lowest BCUT2D eigenvalue weighted by atomic mass is 10.1. The number of methoxy groups -OCH3 is 1. The molecule has 2 heterocycles. The summed E-state index contributed by atoms with van der Waals surface area (Å²) in [5.41, 5.74) is 1.72. The van der Waals surface area contributed by atoms with Crippen molar-refractivity contribution in [2.24, 2.45) is 0 Å². The van der Waals surface area contributed by atoms with Crippen LogP contribution in [0.1, 0.15) is 30.8 Å². The maximum absolute atomic E-state index is 6.34. The summed E-state index contributed by atoms with van der Waals surface area (Å²) in [7, 11) is 1.67. The molecule has 0 bridgehead atoms. The van der Waals surface area contributed by atoms with Crippen LogP contribution >= 0.6 is 11.6 Å². The molecule has 7 heteroatoms. The fourth-order valence-electron chi connectivity index (χ4n) is 2.10. The van der Waals surface area contributed by atoms with Crippen molar-refractivity contribution in [1.82, 2.24) is 25.1 Å². The summed E-state index contributed by atoms with van der Waals surface area (Å²) in [4.78, 5) is 8.54. The zero-order chi connectivity index (χ0) is 15.1. The van der Waals surface area contributed by atoms with Crippen LogP contribution in [0.4, 0.5) is 0 Å². The highest BCUT2D eigenvalue weighted by Crippen LogP contribution is 2.27. The first-order valence-corrected chi connectivity index (χ1v) is 7.35. The van der Waals surface area contributed by atoms with E-state index in [0.717, 1.165) is 24.4 Å². The zero-order valence-electron chi connectivity index (χ0n) is 12.3. The van der Waals surface area contributed by atoms with Gasteiger partial charge in [0.05, 0.1) is 48.0 Å². The normalized spacial score (nSPS) is 12.5. The van der Waals surface area contributed by atoms with E-state index in [-0.39, 0.29) is 6.04 Å². The van der Waals surface area contributed by atoms with Crippen molar-refractivity contribution >= 4 is 11.6 Å². The van der Waals surface area contributed by atoms with Gasteiger partial charge in [-0.2, -0.15) is 5.10 Å². The summed E-state index contributed by atoms with van der Waals surface area (Å²) in [6.07, 6.45) is 7.76. The van der Waals surface area contributed by atoms with Gasteiger partial charge in [0.1, 0.15) is 0 Å². The lowest BCUT2D eigenvalue weighted by Crippen LogP contribution is -2.27. The molecule has 0 aliphatic heterocycles. The number of nitrogens with zero attached hydrogens (tertiary/aromatic N) is 4. The lowest BCUT2D eigenvalue weighted by molar-refractivity contribution is 0.182. The topological polar surface area (TPSA) is 64.9 Å². The molecule has 0 spiro atoms. The van der Waals surface area contributed by atoms with E-state index in [1.54, 1.807) is 31.9 Å². The van der Waals surface area contributed by atoms with E-state index in [9.17, 15) is 0 Å². The smallest absolute Gasteiger partial charge is 0.0952 e. The Bertz CT molecular complexity index is 546. The number of ether oxygens (including phenoxy) is 1. The van der Waals surface area contributed by atoms with Gasteiger partial charge in [-0.1, -0.05) is 18.5 Å². The molecule has 0 saturated carbocycles. The first kappa shape index (κ1) is 15.9. The van der Waals surface area contributed by atoms with Crippen LogP contribution in [0.5, 0.6) is 0 Å². The van der Waals surface area contributed by atoms with E-state index >= 15 is 0 Å². The van der Waals surface area contributed by atoms with Crippen LogP contribution < -0.4 is 5.32 Å². The molecule has 0 aliphatic rings. The Morgan fingerprint density at radius 3 is 2.90 bits per heavy atom. The minimum atomic E-state index is -0.134. The number of nitrogens with one attached hydrogen (secondary N) is 1. The van der Waals surface area contributed by atoms with Crippen LogP contribution in [0.3, 0.4) is 0 Å².